The highest BCUT2D eigenvalue weighted by atomic mass is 16.2. The molecular formula is C23H25N3O2. The lowest BCUT2D eigenvalue weighted by Gasteiger charge is -2.18. The smallest absolute Gasteiger partial charge is 0.270 e. The van der Waals surface area contributed by atoms with E-state index in [-0.39, 0.29) is 11.8 Å². The van der Waals surface area contributed by atoms with Crippen molar-refractivity contribution in [2.45, 2.75) is 33.2 Å². The van der Waals surface area contributed by atoms with Gasteiger partial charge in [0.1, 0.15) is 5.69 Å². The molecule has 1 aliphatic rings. The van der Waals surface area contributed by atoms with Crippen molar-refractivity contribution in [3.63, 3.8) is 0 Å². The molecule has 0 bridgehead atoms. The topological polar surface area (TPSA) is 54.3 Å². The molecule has 0 atom stereocenters. The third-order valence-electron chi connectivity index (χ3n) is 5.46. The molecule has 2 heterocycles. The van der Waals surface area contributed by atoms with Gasteiger partial charge in [-0.3, -0.25) is 9.59 Å². The second-order valence-electron chi connectivity index (χ2n) is 7.59. The van der Waals surface area contributed by atoms with Gasteiger partial charge in [0.15, 0.2) is 0 Å². The van der Waals surface area contributed by atoms with Crippen molar-refractivity contribution in [3.8, 4) is 0 Å². The highest BCUT2D eigenvalue weighted by Crippen LogP contribution is 2.36. The lowest BCUT2D eigenvalue weighted by Crippen LogP contribution is -2.30. The summed E-state index contributed by atoms with van der Waals surface area (Å²) < 4.78 is 1.90. The lowest BCUT2D eigenvalue weighted by molar-refractivity contribution is -0.117. The maximum absolute atomic E-state index is 13.2. The number of hydrogen-bond acceptors (Lipinski definition) is 2. The van der Waals surface area contributed by atoms with Gasteiger partial charge in [-0.1, -0.05) is 41.5 Å². The standard InChI is InChI=1S/C23H25N3O2/c1-15-6-9-17(10-7-15)14-24-23(28)22-21(26-12-4-5-20(26)27)18-13-16(2)8-11-19(18)25(22)3/h6-11,13H,4-5,12,14H2,1-3H3,(H,24,28). The van der Waals surface area contributed by atoms with Gasteiger partial charge in [0.2, 0.25) is 5.91 Å². The van der Waals surface area contributed by atoms with E-state index in [4.69, 9.17) is 0 Å². The van der Waals surface area contributed by atoms with Crippen LogP contribution in [0.3, 0.4) is 0 Å². The number of fused-ring (bicyclic) bond motifs is 1. The molecule has 0 aliphatic carbocycles. The Bertz CT molecular complexity index is 1060. The largest absolute Gasteiger partial charge is 0.347 e. The molecule has 1 fully saturated rings. The molecule has 5 heteroatoms. The number of rotatable bonds is 4. The van der Waals surface area contributed by atoms with Crippen LogP contribution >= 0.6 is 0 Å². The summed E-state index contributed by atoms with van der Waals surface area (Å²) in [6, 6.07) is 14.2. The van der Waals surface area contributed by atoms with E-state index in [1.165, 1.54) is 5.56 Å². The van der Waals surface area contributed by atoms with E-state index >= 15 is 0 Å². The summed E-state index contributed by atoms with van der Waals surface area (Å²) in [6.45, 7) is 5.18. The summed E-state index contributed by atoms with van der Waals surface area (Å²) in [5.41, 5.74) is 5.59. The summed E-state index contributed by atoms with van der Waals surface area (Å²) in [5, 5.41) is 3.99. The van der Waals surface area contributed by atoms with Crippen LogP contribution in [-0.2, 0) is 18.4 Å². The zero-order chi connectivity index (χ0) is 19.8. The number of carbonyl (C=O) groups is 2. The first kappa shape index (κ1) is 18.3. The van der Waals surface area contributed by atoms with Crippen LogP contribution in [0.5, 0.6) is 0 Å². The minimum Gasteiger partial charge on any atom is -0.347 e. The third-order valence-corrected chi connectivity index (χ3v) is 5.46. The molecule has 0 unspecified atom stereocenters. The van der Waals surface area contributed by atoms with Crippen molar-refractivity contribution in [2.24, 2.45) is 7.05 Å². The zero-order valence-corrected chi connectivity index (χ0v) is 16.6. The summed E-state index contributed by atoms with van der Waals surface area (Å²) >= 11 is 0. The van der Waals surface area contributed by atoms with E-state index in [9.17, 15) is 9.59 Å². The van der Waals surface area contributed by atoms with Crippen LogP contribution in [0.15, 0.2) is 42.5 Å². The van der Waals surface area contributed by atoms with Gasteiger partial charge in [0.05, 0.1) is 11.2 Å². The minimum atomic E-state index is -0.161. The van der Waals surface area contributed by atoms with E-state index in [0.29, 0.717) is 25.2 Å². The van der Waals surface area contributed by atoms with Gasteiger partial charge in [-0.05, 0) is 38.0 Å². The average Bonchev–Trinajstić information content (AvgIpc) is 3.21. The number of aryl methyl sites for hydroxylation is 3. The van der Waals surface area contributed by atoms with E-state index < -0.39 is 0 Å². The zero-order valence-electron chi connectivity index (χ0n) is 16.6. The fourth-order valence-electron chi connectivity index (χ4n) is 3.93. The minimum absolute atomic E-state index is 0.0848. The molecule has 1 saturated heterocycles. The van der Waals surface area contributed by atoms with Crippen molar-refractivity contribution in [3.05, 3.63) is 64.8 Å². The van der Waals surface area contributed by atoms with E-state index in [2.05, 4.69) is 11.4 Å². The Morgan fingerprint density at radius 1 is 1.07 bits per heavy atom. The number of benzene rings is 2. The Morgan fingerprint density at radius 3 is 2.46 bits per heavy atom. The van der Waals surface area contributed by atoms with Crippen molar-refractivity contribution in [1.29, 1.82) is 0 Å². The fourth-order valence-corrected chi connectivity index (χ4v) is 3.93. The maximum atomic E-state index is 13.2. The van der Waals surface area contributed by atoms with Gasteiger partial charge >= 0.3 is 0 Å². The molecule has 3 aromatic rings. The van der Waals surface area contributed by atoms with Gasteiger partial charge in [-0.2, -0.15) is 0 Å². The van der Waals surface area contributed by atoms with E-state index in [0.717, 1.165) is 34.1 Å². The molecule has 0 saturated carbocycles. The van der Waals surface area contributed by atoms with E-state index in [1.807, 2.05) is 61.9 Å². The summed E-state index contributed by atoms with van der Waals surface area (Å²) in [4.78, 5) is 27.4. The molecule has 2 aromatic carbocycles. The van der Waals surface area contributed by atoms with Crippen LogP contribution in [0.2, 0.25) is 0 Å². The van der Waals surface area contributed by atoms with Crippen LogP contribution < -0.4 is 10.2 Å². The highest BCUT2D eigenvalue weighted by molar-refractivity contribution is 6.14. The molecule has 2 amide bonds. The van der Waals surface area contributed by atoms with Crippen LogP contribution in [-0.4, -0.2) is 22.9 Å². The van der Waals surface area contributed by atoms with Crippen LogP contribution in [0.4, 0.5) is 5.69 Å². The Morgan fingerprint density at radius 2 is 1.79 bits per heavy atom. The number of aromatic nitrogens is 1. The van der Waals surface area contributed by atoms with E-state index in [1.54, 1.807) is 4.90 Å². The number of amides is 2. The maximum Gasteiger partial charge on any atom is 0.270 e. The van der Waals surface area contributed by atoms with Crippen molar-refractivity contribution in [2.75, 3.05) is 11.4 Å². The second-order valence-corrected chi connectivity index (χ2v) is 7.59. The molecule has 0 radical (unpaired) electrons. The average molecular weight is 375 g/mol. The highest BCUT2D eigenvalue weighted by Gasteiger charge is 2.31. The van der Waals surface area contributed by atoms with Crippen LogP contribution in [0, 0.1) is 13.8 Å². The van der Waals surface area contributed by atoms with Gasteiger partial charge < -0.3 is 14.8 Å². The Hall–Kier alpha value is -3.08. The molecule has 5 nitrogen and oxygen atoms in total. The number of nitrogens with zero attached hydrogens (tertiary/aromatic N) is 2. The molecule has 28 heavy (non-hydrogen) atoms. The Balaban J connectivity index is 1.74. The summed E-state index contributed by atoms with van der Waals surface area (Å²) in [7, 11) is 1.89. The van der Waals surface area contributed by atoms with Gasteiger partial charge in [0, 0.05) is 31.9 Å². The van der Waals surface area contributed by atoms with Gasteiger partial charge in [0.25, 0.3) is 5.91 Å². The predicted octanol–water partition coefficient (Wildman–Crippen LogP) is 3.85. The molecular weight excluding hydrogens is 350 g/mol. The first-order valence-electron chi connectivity index (χ1n) is 9.69. The normalized spacial score (nSPS) is 14.1. The van der Waals surface area contributed by atoms with Crippen molar-refractivity contribution >= 4 is 28.4 Å². The first-order chi connectivity index (χ1) is 13.5. The first-order valence-corrected chi connectivity index (χ1v) is 9.69. The molecule has 1 N–H and O–H groups in total. The lowest BCUT2D eigenvalue weighted by atomic mass is 10.1. The number of hydrogen-bond donors (Lipinski definition) is 1. The molecule has 1 aliphatic heterocycles. The number of carbonyl (C=O) groups excluding carboxylic acids is 2. The quantitative estimate of drug-likeness (QED) is 0.753. The molecule has 1 aromatic heterocycles. The summed E-state index contributed by atoms with van der Waals surface area (Å²) in [5.74, 6) is -0.0757. The summed E-state index contributed by atoms with van der Waals surface area (Å²) in [6.07, 6.45) is 1.36. The molecule has 4 rings (SSSR count). The van der Waals surface area contributed by atoms with Crippen LogP contribution in [0.25, 0.3) is 10.9 Å². The Kier molecular flexibility index (Phi) is 4.67. The third kappa shape index (κ3) is 3.17. The van der Waals surface area contributed by atoms with Gasteiger partial charge in [-0.25, -0.2) is 0 Å². The molecule has 144 valence electrons. The fraction of sp³-hybridized carbons (Fsp3) is 0.304. The van der Waals surface area contributed by atoms with Crippen molar-refractivity contribution in [1.82, 2.24) is 9.88 Å². The number of nitrogens with one attached hydrogen (secondary N) is 1. The monoisotopic (exact) mass is 375 g/mol. The molecule has 0 spiro atoms. The Labute approximate surface area is 165 Å². The second kappa shape index (κ2) is 7.15. The number of anilines is 1. The van der Waals surface area contributed by atoms with Gasteiger partial charge in [-0.15, -0.1) is 0 Å². The SMILES string of the molecule is Cc1ccc(CNC(=O)c2c(N3CCCC3=O)c3cc(C)ccc3n2C)cc1. The predicted molar refractivity (Wildman–Crippen MR) is 112 cm³/mol. The van der Waals surface area contributed by atoms with Crippen molar-refractivity contribution < 1.29 is 9.59 Å². The van der Waals surface area contributed by atoms with Crippen LogP contribution in [0.1, 0.15) is 40.0 Å².